The first-order valence-electron chi connectivity index (χ1n) is 8.66. The van der Waals surface area contributed by atoms with Gasteiger partial charge in [-0.15, -0.1) is 0 Å². The minimum absolute atomic E-state index is 0.290. The smallest absolute Gasteiger partial charge is 0.193 e. The number of thioether (sulfide) groups is 1. The minimum atomic E-state index is 0.290. The number of aliphatic imine (C=N–C) groups is 1. The molecule has 0 spiro atoms. The van der Waals surface area contributed by atoms with Gasteiger partial charge in [0.05, 0.1) is 0 Å². The third-order valence-electron chi connectivity index (χ3n) is 4.48. The number of nitrogens with zero attached hydrogens (tertiary/aromatic N) is 3. The highest BCUT2D eigenvalue weighted by Gasteiger charge is 2.28. The monoisotopic (exact) mass is 344 g/mol. The highest BCUT2D eigenvalue weighted by molar-refractivity contribution is 8.00. The van der Waals surface area contributed by atoms with Crippen molar-refractivity contribution in [3.8, 4) is 0 Å². The molecular formula is C19H28N4S. The Hall–Kier alpha value is -1.62. The van der Waals surface area contributed by atoms with E-state index in [0.717, 1.165) is 44.4 Å². The third kappa shape index (κ3) is 4.26. The number of guanidine groups is 1. The van der Waals surface area contributed by atoms with Gasteiger partial charge in [-0.3, -0.25) is 4.99 Å². The van der Waals surface area contributed by atoms with E-state index in [1.807, 2.05) is 18.8 Å². The summed E-state index contributed by atoms with van der Waals surface area (Å²) in [5, 5.41) is 3.54. The summed E-state index contributed by atoms with van der Waals surface area (Å²) in [6.07, 6.45) is 4.45. The van der Waals surface area contributed by atoms with Crippen LogP contribution in [0.15, 0.2) is 41.4 Å². The van der Waals surface area contributed by atoms with E-state index in [-0.39, 0.29) is 0 Å². The molecule has 2 aliphatic heterocycles. The quantitative estimate of drug-likeness (QED) is 0.519. The number of hydrogen-bond donors (Lipinski definition) is 1. The topological polar surface area (TPSA) is 30.9 Å². The molecule has 130 valence electrons. The average Bonchev–Trinajstić information content (AvgIpc) is 3.09. The Bertz CT molecular complexity index is 616. The van der Waals surface area contributed by atoms with E-state index in [9.17, 15) is 0 Å². The molecule has 0 unspecified atom stereocenters. The largest absolute Gasteiger partial charge is 0.364 e. The van der Waals surface area contributed by atoms with Crippen molar-refractivity contribution in [2.45, 2.75) is 25.1 Å². The van der Waals surface area contributed by atoms with Gasteiger partial charge in [0.1, 0.15) is 0 Å². The molecular weight excluding hydrogens is 316 g/mol. The molecule has 0 radical (unpaired) electrons. The van der Waals surface area contributed by atoms with Gasteiger partial charge in [-0.1, -0.05) is 24.3 Å². The molecule has 1 aromatic carbocycles. The highest BCUT2D eigenvalue weighted by Crippen LogP contribution is 2.29. The molecule has 0 bridgehead atoms. The molecule has 1 saturated heterocycles. The van der Waals surface area contributed by atoms with Crippen molar-refractivity contribution in [2.75, 3.05) is 43.9 Å². The maximum Gasteiger partial charge on any atom is 0.193 e. The van der Waals surface area contributed by atoms with Gasteiger partial charge in [-0.05, 0) is 31.5 Å². The first-order valence-corrected chi connectivity index (χ1v) is 9.64. The maximum absolute atomic E-state index is 4.49. The third-order valence-corrected chi connectivity index (χ3v) is 5.78. The zero-order valence-electron chi connectivity index (χ0n) is 15.0. The molecule has 0 saturated carbocycles. The lowest BCUT2D eigenvalue weighted by Gasteiger charge is -2.39. The van der Waals surface area contributed by atoms with Gasteiger partial charge in [-0.2, -0.15) is 11.8 Å². The van der Waals surface area contributed by atoms with Crippen molar-refractivity contribution < 1.29 is 0 Å². The molecule has 5 heteroatoms. The van der Waals surface area contributed by atoms with Crippen LogP contribution in [0.4, 0.5) is 5.69 Å². The van der Waals surface area contributed by atoms with Crippen LogP contribution in [0, 0.1) is 0 Å². The Kier molecular flexibility index (Phi) is 5.39. The molecule has 2 aliphatic rings. The van der Waals surface area contributed by atoms with Gasteiger partial charge >= 0.3 is 0 Å². The van der Waals surface area contributed by atoms with Gasteiger partial charge in [0.25, 0.3) is 0 Å². The Morgan fingerprint density at radius 2 is 2.08 bits per heavy atom. The van der Waals surface area contributed by atoms with Gasteiger partial charge in [0, 0.05) is 56.0 Å². The van der Waals surface area contributed by atoms with E-state index in [0.29, 0.717) is 4.75 Å². The van der Waals surface area contributed by atoms with Crippen molar-refractivity contribution in [3.63, 3.8) is 0 Å². The number of rotatable bonds is 3. The first-order chi connectivity index (χ1) is 11.6. The molecule has 1 N–H and O–H groups in total. The van der Waals surface area contributed by atoms with Crippen LogP contribution < -0.4 is 10.2 Å². The molecule has 0 atom stereocenters. The van der Waals surface area contributed by atoms with Gasteiger partial charge in [0.15, 0.2) is 5.96 Å². The lowest BCUT2D eigenvalue weighted by molar-refractivity contribution is 0.376. The second-order valence-electron chi connectivity index (χ2n) is 6.98. The molecule has 0 aliphatic carbocycles. The van der Waals surface area contributed by atoms with E-state index in [1.165, 1.54) is 11.3 Å². The zero-order chi connectivity index (χ0) is 17.0. The van der Waals surface area contributed by atoms with Gasteiger partial charge in [0.2, 0.25) is 0 Å². The summed E-state index contributed by atoms with van der Waals surface area (Å²) < 4.78 is 0.290. The van der Waals surface area contributed by atoms with Gasteiger partial charge < -0.3 is 15.1 Å². The predicted octanol–water partition coefficient (Wildman–Crippen LogP) is 2.97. The van der Waals surface area contributed by atoms with Crippen LogP contribution in [0.3, 0.4) is 0 Å². The average molecular weight is 345 g/mol. The fraction of sp³-hybridized carbons (Fsp3) is 0.526. The maximum atomic E-state index is 4.49. The Morgan fingerprint density at radius 1 is 1.29 bits per heavy atom. The number of hydrogen-bond acceptors (Lipinski definition) is 3. The lowest BCUT2D eigenvalue weighted by Crippen LogP contribution is -2.50. The van der Waals surface area contributed by atoms with Crippen LogP contribution in [0.5, 0.6) is 0 Å². The minimum Gasteiger partial charge on any atom is -0.364 e. The van der Waals surface area contributed by atoms with Crippen molar-refractivity contribution in [1.82, 2.24) is 10.2 Å². The van der Waals surface area contributed by atoms with Gasteiger partial charge in [-0.25, -0.2) is 0 Å². The van der Waals surface area contributed by atoms with E-state index in [4.69, 9.17) is 0 Å². The summed E-state index contributed by atoms with van der Waals surface area (Å²) >= 11 is 2.05. The van der Waals surface area contributed by atoms with Crippen molar-refractivity contribution in [3.05, 3.63) is 42.0 Å². The normalized spacial score (nSPS) is 20.5. The van der Waals surface area contributed by atoms with Crippen LogP contribution in [-0.4, -0.2) is 54.6 Å². The molecule has 24 heavy (non-hydrogen) atoms. The molecule has 1 fully saturated rings. The molecule has 2 heterocycles. The fourth-order valence-corrected chi connectivity index (χ4v) is 4.37. The number of nitrogens with one attached hydrogen (secondary N) is 1. The van der Waals surface area contributed by atoms with E-state index in [2.05, 4.69) is 70.4 Å². The molecule has 4 nitrogen and oxygen atoms in total. The van der Waals surface area contributed by atoms with Crippen LogP contribution in [0.1, 0.15) is 19.4 Å². The van der Waals surface area contributed by atoms with E-state index < -0.39 is 0 Å². The van der Waals surface area contributed by atoms with Crippen LogP contribution in [0.2, 0.25) is 0 Å². The summed E-state index contributed by atoms with van der Waals surface area (Å²) in [5.41, 5.74) is 2.59. The summed E-state index contributed by atoms with van der Waals surface area (Å²) in [7, 11) is 1.88. The number of benzene rings is 1. The van der Waals surface area contributed by atoms with Crippen LogP contribution >= 0.6 is 11.8 Å². The first kappa shape index (κ1) is 17.2. The summed E-state index contributed by atoms with van der Waals surface area (Å²) in [4.78, 5) is 9.25. The molecule has 3 rings (SSSR count). The summed E-state index contributed by atoms with van der Waals surface area (Å²) in [5.74, 6) is 2.17. The Labute approximate surface area is 150 Å². The number of anilines is 1. The van der Waals surface area contributed by atoms with Crippen molar-refractivity contribution >= 4 is 23.4 Å². The summed E-state index contributed by atoms with van der Waals surface area (Å²) in [6.45, 7) is 9.56. The molecule has 0 amide bonds. The molecule has 0 aromatic heterocycles. The summed E-state index contributed by atoms with van der Waals surface area (Å²) in [6, 6.07) is 8.80. The Balaban J connectivity index is 1.60. The van der Waals surface area contributed by atoms with Crippen molar-refractivity contribution in [2.24, 2.45) is 4.99 Å². The zero-order valence-corrected chi connectivity index (χ0v) is 15.8. The van der Waals surface area contributed by atoms with Crippen LogP contribution in [-0.2, 0) is 6.54 Å². The second kappa shape index (κ2) is 7.51. The predicted molar refractivity (Wildman–Crippen MR) is 106 cm³/mol. The van der Waals surface area contributed by atoms with E-state index >= 15 is 0 Å². The fourth-order valence-electron chi connectivity index (χ4n) is 3.26. The Morgan fingerprint density at radius 3 is 2.79 bits per heavy atom. The highest BCUT2D eigenvalue weighted by atomic mass is 32.2. The second-order valence-corrected chi connectivity index (χ2v) is 8.78. The standard InChI is InChI=1S/C19H28N4S/c1-19(2)15-23(11-12-24-19)18(20-3)21-14-16-7-6-8-17(13-16)22-9-4-5-10-22/h4-8,13H,9-12,14-15H2,1-3H3,(H,20,21). The van der Waals surface area contributed by atoms with Crippen molar-refractivity contribution in [1.29, 1.82) is 0 Å². The SMILES string of the molecule is CN=C(NCc1cccc(N2CC=CC2)c1)N1CCSC(C)(C)C1. The van der Waals surface area contributed by atoms with E-state index in [1.54, 1.807) is 0 Å². The lowest BCUT2D eigenvalue weighted by atomic mass is 10.2. The van der Waals surface area contributed by atoms with Crippen LogP contribution in [0.25, 0.3) is 0 Å². The molecule has 1 aromatic rings.